The van der Waals surface area contributed by atoms with Gasteiger partial charge in [0, 0.05) is 30.9 Å². The Morgan fingerprint density at radius 2 is 1.68 bits per heavy atom. The van der Waals surface area contributed by atoms with Crippen LogP contribution in [-0.2, 0) is 16.1 Å². The Morgan fingerprint density at radius 1 is 0.964 bits per heavy atom. The van der Waals surface area contributed by atoms with Crippen molar-refractivity contribution >= 4 is 23.4 Å². The topological polar surface area (TPSA) is 60.9 Å². The summed E-state index contributed by atoms with van der Waals surface area (Å²) in [5.74, 6) is -0.355. The molecule has 0 spiro atoms. The van der Waals surface area contributed by atoms with Crippen molar-refractivity contribution < 1.29 is 14.4 Å². The van der Waals surface area contributed by atoms with Crippen LogP contribution in [0.25, 0.3) is 0 Å². The molecular formula is C22H23N3O3. The van der Waals surface area contributed by atoms with E-state index in [1.807, 2.05) is 55.5 Å². The first-order chi connectivity index (χ1) is 13.6. The van der Waals surface area contributed by atoms with Crippen molar-refractivity contribution in [2.75, 3.05) is 24.5 Å². The molecule has 0 aromatic heterocycles. The molecule has 0 N–H and O–H groups in total. The maximum absolute atomic E-state index is 13.2. The van der Waals surface area contributed by atoms with Crippen LogP contribution in [0, 0.1) is 0 Å². The Morgan fingerprint density at radius 3 is 2.36 bits per heavy atom. The average molecular weight is 377 g/mol. The van der Waals surface area contributed by atoms with Gasteiger partial charge in [-0.25, -0.2) is 0 Å². The van der Waals surface area contributed by atoms with Crippen LogP contribution in [0.3, 0.4) is 0 Å². The summed E-state index contributed by atoms with van der Waals surface area (Å²) < 4.78 is 0. The molecular weight excluding hydrogens is 354 g/mol. The summed E-state index contributed by atoms with van der Waals surface area (Å²) in [6.07, 6.45) is 0.519. The molecule has 0 radical (unpaired) electrons. The highest BCUT2D eigenvalue weighted by atomic mass is 16.2. The minimum atomic E-state index is -0.545. The van der Waals surface area contributed by atoms with Crippen LogP contribution in [0.4, 0.5) is 5.69 Å². The third kappa shape index (κ3) is 3.15. The molecule has 2 aliphatic heterocycles. The van der Waals surface area contributed by atoms with Gasteiger partial charge in [-0.15, -0.1) is 0 Å². The van der Waals surface area contributed by atoms with Gasteiger partial charge in [-0.2, -0.15) is 0 Å². The summed E-state index contributed by atoms with van der Waals surface area (Å²) in [6, 6.07) is 16.4. The number of hydrogen-bond donors (Lipinski definition) is 0. The largest absolute Gasteiger partial charge is 0.330 e. The van der Waals surface area contributed by atoms with Gasteiger partial charge in [-0.1, -0.05) is 43.3 Å². The fourth-order valence-corrected chi connectivity index (χ4v) is 4.01. The van der Waals surface area contributed by atoms with E-state index < -0.39 is 6.04 Å². The van der Waals surface area contributed by atoms with Crippen molar-refractivity contribution in [3.8, 4) is 0 Å². The highest BCUT2D eigenvalue weighted by Crippen LogP contribution is 2.27. The second-order valence-corrected chi connectivity index (χ2v) is 7.15. The van der Waals surface area contributed by atoms with E-state index in [0.717, 1.165) is 11.3 Å². The zero-order chi connectivity index (χ0) is 19.7. The first kappa shape index (κ1) is 18.2. The predicted molar refractivity (Wildman–Crippen MR) is 106 cm³/mol. The van der Waals surface area contributed by atoms with Gasteiger partial charge in [0.05, 0.1) is 0 Å². The number of nitrogens with zero attached hydrogens (tertiary/aromatic N) is 3. The number of para-hydroxylation sites is 1. The summed E-state index contributed by atoms with van der Waals surface area (Å²) in [4.78, 5) is 43.5. The van der Waals surface area contributed by atoms with Crippen molar-refractivity contribution in [2.24, 2.45) is 0 Å². The Labute approximate surface area is 164 Å². The standard InChI is InChI=1S/C22H23N3O3/c1-2-19(25-14-16-8-6-7-11-18(16)21(25)27)22(28)23-12-13-24(20(26)15-23)17-9-4-3-5-10-17/h3-11,19H,2,12-15H2,1H3. The highest BCUT2D eigenvalue weighted by molar-refractivity contribution is 6.02. The maximum Gasteiger partial charge on any atom is 0.255 e. The van der Waals surface area contributed by atoms with Crippen LogP contribution in [0.15, 0.2) is 54.6 Å². The van der Waals surface area contributed by atoms with Crippen molar-refractivity contribution in [1.82, 2.24) is 9.80 Å². The van der Waals surface area contributed by atoms with E-state index >= 15 is 0 Å². The number of anilines is 1. The smallest absolute Gasteiger partial charge is 0.255 e. The van der Waals surface area contributed by atoms with Crippen LogP contribution in [-0.4, -0.2) is 53.2 Å². The van der Waals surface area contributed by atoms with Gasteiger partial charge >= 0.3 is 0 Å². The molecule has 2 heterocycles. The number of carbonyl (C=O) groups is 3. The fourth-order valence-electron chi connectivity index (χ4n) is 4.01. The number of piperazine rings is 1. The molecule has 6 nitrogen and oxygen atoms in total. The van der Waals surface area contributed by atoms with Gasteiger partial charge in [0.25, 0.3) is 5.91 Å². The number of carbonyl (C=O) groups excluding carboxylic acids is 3. The Balaban J connectivity index is 1.47. The third-order valence-electron chi connectivity index (χ3n) is 5.50. The van der Waals surface area contributed by atoms with Gasteiger partial charge in [-0.05, 0) is 30.2 Å². The molecule has 2 aromatic rings. The van der Waals surface area contributed by atoms with Gasteiger partial charge in [0.15, 0.2) is 0 Å². The molecule has 0 bridgehead atoms. The quantitative estimate of drug-likeness (QED) is 0.821. The molecule has 2 aliphatic rings. The van der Waals surface area contributed by atoms with E-state index in [1.165, 1.54) is 0 Å². The van der Waals surface area contributed by atoms with Crippen molar-refractivity contribution in [1.29, 1.82) is 0 Å². The first-order valence-electron chi connectivity index (χ1n) is 9.63. The minimum absolute atomic E-state index is 0.0409. The molecule has 0 saturated carbocycles. The van der Waals surface area contributed by atoms with Crippen LogP contribution < -0.4 is 4.90 Å². The van der Waals surface area contributed by atoms with Crippen molar-refractivity contribution in [3.63, 3.8) is 0 Å². The van der Waals surface area contributed by atoms with Gasteiger partial charge < -0.3 is 14.7 Å². The van der Waals surface area contributed by atoms with Crippen LogP contribution in [0.5, 0.6) is 0 Å². The lowest BCUT2D eigenvalue weighted by Gasteiger charge is -2.37. The second-order valence-electron chi connectivity index (χ2n) is 7.15. The fraction of sp³-hybridized carbons (Fsp3) is 0.318. The van der Waals surface area contributed by atoms with Crippen molar-refractivity contribution in [2.45, 2.75) is 25.9 Å². The first-order valence-corrected chi connectivity index (χ1v) is 9.63. The molecule has 1 saturated heterocycles. The zero-order valence-electron chi connectivity index (χ0n) is 15.9. The molecule has 4 rings (SSSR count). The van der Waals surface area contributed by atoms with Crippen LogP contribution >= 0.6 is 0 Å². The predicted octanol–water partition coefficient (Wildman–Crippen LogP) is 2.30. The highest BCUT2D eigenvalue weighted by Gasteiger charge is 2.38. The van der Waals surface area contributed by atoms with Crippen LogP contribution in [0.2, 0.25) is 0 Å². The van der Waals surface area contributed by atoms with Gasteiger partial charge in [-0.3, -0.25) is 14.4 Å². The SMILES string of the molecule is CCC(C(=O)N1CCN(c2ccccc2)C(=O)C1)N1Cc2ccccc2C1=O. The monoisotopic (exact) mass is 377 g/mol. The molecule has 2 aromatic carbocycles. The summed E-state index contributed by atoms with van der Waals surface area (Å²) in [6.45, 7) is 3.31. The molecule has 28 heavy (non-hydrogen) atoms. The summed E-state index contributed by atoms with van der Waals surface area (Å²) >= 11 is 0. The van der Waals surface area contributed by atoms with E-state index in [9.17, 15) is 14.4 Å². The molecule has 1 fully saturated rings. The summed E-state index contributed by atoms with van der Waals surface area (Å²) in [5.41, 5.74) is 2.46. The molecule has 1 unspecified atom stereocenters. The average Bonchev–Trinajstić information content (AvgIpc) is 3.06. The second kappa shape index (κ2) is 7.46. The van der Waals surface area contributed by atoms with E-state index in [2.05, 4.69) is 0 Å². The summed E-state index contributed by atoms with van der Waals surface area (Å²) in [7, 11) is 0. The normalized spacial score (nSPS) is 17.7. The maximum atomic E-state index is 13.2. The lowest BCUT2D eigenvalue weighted by Crippen LogP contribution is -2.57. The lowest BCUT2D eigenvalue weighted by atomic mass is 10.1. The Bertz CT molecular complexity index is 912. The van der Waals surface area contributed by atoms with Crippen molar-refractivity contribution in [3.05, 3.63) is 65.7 Å². The zero-order valence-corrected chi connectivity index (χ0v) is 15.9. The Hall–Kier alpha value is -3.15. The van der Waals surface area contributed by atoms with Crippen LogP contribution in [0.1, 0.15) is 29.3 Å². The number of benzene rings is 2. The van der Waals surface area contributed by atoms with Gasteiger partial charge in [0.1, 0.15) is 12.6 Å². The number of hydrogen-bond acceptors (Lipinski definition) is 3. The van der Waals surface area contributed by atoms with E-state index in [-0.39, 0.29) is 24.3 Å². The van der Waals surface area contributed by atoms with E-state index in [4.69, 9.17) is 0 Å². The molecule has 3 amide bonds. The summed E-state index contributed by atoms with van der Waals surface area (Å²) in [5, 5.41) is 0. The van der Waals surface area contributed by atoms with Gasteiger partial charge in [0.2, 0.25) is 11.8 Å². The molecule has 0 aliphatic carbocycles. The number of amides is 3. The molecule has 1 atom stereocenters. The molecule has 144 valence electrons. The lowest BCUT2D eigenvalue weighted by molar-refractivity contribution is -0.140. The Kier molecular flexibility index (Phi) is 4.86. The van der Waals surface area contributed by atoms with E-state index in [0.29, 0.717) is 31.6 Å². The number of fused-ring (bicyclic) bond motifs is 1. The van der Waals surface area contributed by atoms with E-state index in [1.54, 1.807) is 20.8 Å². The molecule has 6 heteroatoms. The third-order valence-corrected chi connectivity index (χ3v) is 5.50. The number of rotatable bonds is 4. The minimum Gasteiger partial charge on any atom is -0.330 e.